The number of hydrogen-bond donors (Lipinski definition) is 0. The van der Waals surface area contributed by atoms with Crippen LogP contribution in [0.4, 0.5) is 0 Å². The minimum atomic E-state index is 0.0454. The zero-order valence-electron chi connectivity index (χ0n) is 10.4. The van der Waals surface area contributed by atoms with Gasteiger partial charge in [0.15, 0.2) is 0 Å². The number of methoxy groups -OCH3 is 1. The molecule has 2 heteroatoms. The van der Waals surface area contributed by atoms with Crippen LogP contribution in [0.2, 0.25) is 0 Å². The van der Waals surface area contributed by atoms with Gasteiger partial charge in [0.25, 0.3) is 0 Å². The van der Waals surface area contributed by atoms with Gasteiger partial charge in [-0.1, -0.05) is 37.8 Å². The van der Waals surface area contributed by atoms with Crippen molar-refractivity contribution in [3.8, 4) is 11.8 Å². The van der Waals surface area contributed by atoms with Gasteiger partial charge in [-0.2, -0.15) is 5.26 Å². The fraction of sp³-hybridized carbons (Fsp3) is 0.533. The molecule has 0 unspecified atom stereocenters. The van der Waals surface area contributed by atoms with Crippen LogP contribution in [0.25, 0.3) is 0 Å². The van der Waals surface area contributed by atoms with Gasteiger partial charge in [-0.3, -0.25) is 0 Å². The molecule has 90 valence electrons. The summed E-state index contributed by atoms with van der Waals surface area (Å²) in [6.45, 7) is 0. The van der Waals surface area contributed by atoms with Crippen molar-refractivity contribution >= 4 is 0 Å². The maximum Gasteiger partial charge on any atom is 0.118 e. The van der Waals surface area contributed by atoms with Gasteiger partial charge in [-0.05, 0) is 30.0 Å². The van der Waals surface area contributed by atoms with Gasteiger partial charge in [-0.25, -0.2) is 0 Å². The molecule has 0 aliphatic heterocycles. The largest absolute Gasteiger partial charge is 0.497 e. The number of benzene rings is 1. The van der Waals surface area contributed by atoms with Crippen LogP contribution in [-0.2, 0) is 0 Å². The van der Waals surface area contributed by atoms with Crippen LogP contribution >= 0.6 is 0 Å². The lowest BCUT2D eigenvalue weighted by Crippen LogP contribution is -2.03. The third-order valence-corrected chi connectivity index (χ3v) is 3.72. The Hall–Kier alpha value is -1.49. The van der Waals surface area contributed by atoms with E-state index < -0.39 is 0 Å². The quantitative estimate of drug-likeness (QED) is 0.784. The van der Waals surface area contributed by atoms with Crippen LogP contribution in [0, 0.1) is 17.2 Å². The van der Waals surface area contributed by atoms with Crippen molar-refractivity contribution < 1.29 is 4.74 Å². The smallest absolute Gasteiger partial charge is 0.118 e. The Morgan fingerprint density at radius 3 is 2.47 bits per heavy atom. The van der Waals surface area contributed by atoms with E-state index in [1.54, 1.807) is 7.11 Å². The van der Waals surface area contributed by atoms with Gasteiger partial charge in [0, 0.05) is 0 Å². The molecule has 1 aliphatic rings. The van der Waals surface area contributed by atoms with Crippen molar-refractivity contribution in [3.63, 3.8) is 0 Å². The number of hydrogen-bond acceptors (Lipinski definition) is 2. The summed E-state index contributed by atoms with van der Waals surface area (Å²) in [5.41, 5.74) is 1.13. The molecule has 1 aliphatic carbocycles. The Labute approximate surface area is 103 Å². The third-order valence-electron chi connectivity index (χ3n) is 3.72. The lowest BCUT2D eigenvalue weighted by molar-refractivity contribution is 0.414. The first kappa shape index (κ1) is 12.0. The highest BCUT2D eigenvalue weighted by molar-refractivity contribution is 5.32. The zero-order chi connectivity index (χ0) is 12.1. The summed E-state index contributed by atoms with van der Waals surface area (Å²) >= 11 is 0. The SMILES string of the molecule is COc1ccc([C@H](C#N)CC2CCCC2)cc1. The Balaban J connectivity index is 2.03. The molecule has 0 aromatic heterocycles. The van der Waals surface area contributed by atoms with E-state index in [2.05, 4.69) is 6.07 Å². The van der Waals surface area contributed by atoms with Crippen molar-refractivity contribution in [1.29, 1.82) is 5.26 Å². The van der Waals surface area contributed by atoms with Crippen LogP contribution in [0.15, 0.2) is 24.3 Å². The van der Waals surface area contributed by atoms with Crippen molar-refractivity contribution in [2.45, 2.75) is 38.0 Å². The normalized spacial score (nSPS) is 17.6. The van der Waals surface area contributed by atoms with Crippen molar-refractivity contribution in [2.75, 3.05) is 7.11 Å². The topological polar surface area (TPSA) is 33.0 Å². The van der Waals surface area contributed by atoms with Gasteiger partial charge in [-0.15, -0.1) is 0 Å². The lowest BCUT2D eigenvalue weighted by Gasteiger charge is -2.14. The molecule has 0 bridgehead atoms. The Bertz CT molecular complexity index is 384. The van der Waals surface area contributed by atoms with Gasteiger partial charge >= 0.3 is 0 Å². The lowest BCUT2D eigenvalue weighted by atomic mass is 9.89. The molecule has 1 fully saturated rings. The highest BCUT2D eigenvalue weighted by Gasteiger charge is 2.21. The summed E-state index contributed by atoms with van der Waals surface area (Å²) in [7, 11) is 1.66. The minimum Gasteiger partial charge on any atom is -0.497 e. The fourth-order valence-electron chi connectivity index (χ4n) is 2.68. The third kappa shape index (κ3) is 3.00. The second-order valence-electron chi connectivity index (χ2n) is 4.84. The molecule has 0 heterocycles. The zero-order valence-corrected chi connectivity index (χ0v) is 10.4. The summed E-state index contributed by atoms with van der Waals surface area (Å²) in [6.07, 6.45) is 6.29. The molecule has 0 radical (unpaired) electrons. The van der Waals surface area contributed by atoms with Crippen LogP contribution in [0.1, 0.15) is 43.6 Å². The molecular weight excluding hydrogens is 210 g/mol. The van der Waals surface area contributed by atoms with E-state index >= 15 is 0 Å². The van der Waals surface area contributed by atoms with Crippen LogP contribution in [-0.4, -0.2) is 7.11 Å². The molecule has 1 saturated carbocycles. The summed E-state index contributed by atoms with van der Waals surface area (Å²) in [6, 6.07) is 10.4. The number of nitrogens with zero attached hydrogens (tertiary/aromatic N) is 1. The van der Waals surface area contributed by atoms with Gasteiger partial charge in [0.05, 0.1) is 19.1 Å². The van der Waals surface area contributed by atoms with Crippen molar-refractivity contribution in [3.05, 3.63) is 29.8 Å². The summed E-state index contributed by atoms with van der Waals surface area (Å²) in [5, 5.41) is 9.29. The fourth-order valence-corrected chi connectivity index (χ4v) is 2.68. The summed E-state index contributed by atoms with van der Waals surface area (Å²) < 4.78 is 5.13. The minimum absolute atomic E-state index is 0.0454. The monoisotopic (exact) mass is 229 g/mol. The second kappa shape index (κ2) is 5.72. The Kier molecular flexibility index (Phi) is 4.03. The first-order valence-corrected chi connectivity index (χ1v) is 6.37. The predicted octanol–water partition coefficient (Wildman–Crippen LogP) is 3.88. The van der Waals surface area contributed by atoms with Gasteiger partial charge < -0.3 is 4.74 Å². The van der Waals surface area contributed by atoms with Crippen LogP contribution in [0.5, 0.6) is 5.75 Å². The van der Waals surface area contributed by atoms with E-state index in [1.165, 1.54) is 25.7 Å². The second-order valence-corrected chi connectivity index (χ2v) is 4.84. The maximum absolute atomic E-state index is 9.29. The molecule has 1 aromatic carbocycles. The van der Waals surface area contributed by atoms with Gasteiger partial charge in [0.2, 0.25) is 0 Å². The Morgan fingerprint density at radius 1 is 1.29 bits per heavy atom. The molecule has 1 aromatic rings. The van der Waals surface area contributed by atoms with E-state index in [9.17, 15) is 5.26 Å². The molecule has 2 rings (SSSR count). The molecule has 0 saturated heterocycles. The predicted molar refractivity (Wildman–Crippen MR) is 67.9 cm³/mol. The van der Waals surface area contributed by atoms with Crippen LogP contribution in [0.3, 0.4) is 0 Å². The van der Waals surface area contributed by atoms with Crippen molar-refractivity contribution in [1.82, 2.24) is 0 Å². The number of nitriles is 1. The Morgan fingerprint density at radius 2 is 1.94 bits per heavy atom. The first-order chi connectivity index (χ1) is 8.33. The van der Waals surface area contributed by atoms with E-state index in [4.69, 9.17) is 4.74 Å². The van der Waals surface area contributed by atoms with Gasteiger partial charge in [0.1, 0.15) is 5.75 Å². The average Bonchev–Trinajstić information content (AvgIpc) is 2.89. The van der Waals surface area contributed by atoms with E-state index in [0.29, 0.717) is 0 Å². The maximum atomic E-state index is 9.29. The number of rotatable bonds is 4. The first-order valence-electron chi connectivity index (χ1n) is 6.37. The molecule has 17 heavy (non-hydrogen) atoms. The van der Waals surface area contributed by atoms with E-state index in [0.717, 1.165) is 23.7 Å². The van der Waals surface area contributed by atoms with Crippen molar-refractivity contribution in [2.24, 2.45) is 5.92 Å². The standard InChI is InChI=1S/C15H19NO/c1-17-15-8-6-13(7-9-15)14(11-16)10-12-4-2-3-5-12/h6-9,12,14H,2-5,10H2,1H3/t14-/m0/s1. The summed E-state index contributed by atoms with van der Waals surface area (Å²) in [4.78, 5) is 0. The molecule has 0 spiro atoms. The number of ether oxygens (including phenoxy) is 1. The van der Waals surface area contributed by atoms with E-state index in [1.807, 2.05) is 24.3 Å². The molecule has 0 amide bonds. The highest BCUT2D eigenvalue weighted by Crippen LogP contribution is 2.34. The summed E-state index contributed by atoms with van der Waals surface area (Å²) in [5.74, 6) is 1.65. The molecular formula is C15H19NO. The van der Waals surface area contributed by atoms with E-state index in [-0.39, 0.29) is 5.92 Å². The molecule has 0 N–H and O–H groups in total. The molecule has 2 nitrogen and oxygen atoms in total. The average molecular weight is 229 g/mol. The highest BCUT2D eigenvalue weighted by atomic mass is 16.5. The van der Waals surface area contributed by atoms with Crippen LogP contribution < -0.4 is 4.74 Å². The molecule has 1 atom stereocenters.